The van der Waals surface area contributed by atoms with Crippen LogP contribution in [0.4, 0.5) is 5.69 Å². The predicted molar refractivity (Wildman–Crippen MR) is 132 cm³/mol. The van der Waals surface area contributed by atoms with Crippen LogP contribution < -0.4 is 15.5 Å². The molecule has 1 amide bonds. The minimum Gasteiger partial charge on any atom is -0.371 e. The lowest BCUT2D eigenvalue weighted by Gasteiger charge is -2.22. The summed E-state index contributed by atoms with van der Waals surface area (Å²) in [5.74, 6) is 1.39. The molecule has 1 aromatic carbocycles. The van der Waals surface area contributed by atoms with E-state index in [4.69, 9.17) is 11.6 Å². The summed E-state index contributed by atoms with van der Waals surface area (Å²) in [4.78, 5) is 21.0. The zero-order chi connectivity index (χ0) is 19.9. The van der Waals surface area contributed by atoms with E-state index in [0.29, 0.717) is 5.92 Å². The highest BCUT2D eigenvalue weighted by Gasteiger charge is 2.24. The van der Waals surface area contributed by atoms with Crippen LogP contribution in [0.3, 0.4) is 0 Å². The fourth-order valence-electron chi connectivity index (χ4n) is 3.94. The summed E-state index contributed by atoms with van der Waals surface area (Å²) in [6.07, 6.45) is 3.35. The molecule has 2 heterocycles. The number of hydrogen-bond donors (Lipinski definition) is 2. The third-order valence-electron chi connectivity index (χ3n) is 5.53. The molecule has 1 aromatic rings. The molecule has 162 valence electrons. The van der Waals surface area contributed by atoms with Crippen molar-refractivity contribution >= 4 is 53.1 Å². The van der Waals surface area contributed by atoms with Gasteiger partial charge in [-0.05, 0) is 56.7 Å². The van der Waals surface area contributed by atoms with Gasteiger partial charge in [-0.1, -0.05) is 17.7 Å². The number of carbonyl (C=O) groups excluding carboxylic acids is 1. The van der Waals surface area contributed by atoms with Crippen molar-refractivity contribution in [1.82, 2.24) is 15.5 Å². The van der Waals surface area contributed by atoms with Gasteiger partial charge in [0, 0.05) is 50.0 Å². The standard InChI is InChI=1S/C21H32ClN5O.HI/c1-3-23-21(25-14-20(28)26-9-4-5-10-26)24-13-17-8-11-27(15-17)19-12-18(22)7-6-16(19)2;/h6-7,12,17H,3-5,8-11,13-15H2,1-2H3,(H2,23,24,25);1H. The number of hydrogen-bond acceptors (Lipinski definition) is 3. The summed E-state index contributed by atoms with van der Waals surface area (Å²) in [5, 5.41) is 7.45. The van der Waals surface area contributed by atoms with Crippen LogP contribution in [0.5, 0.6) is 0 Å². The molecule has 2 saturated heterocycles. The molecule has 2 aliphatic rings. The molecule has 29 heavy (non-hydrogen) atoms. The lowest BCUT2D eigenvalue weighted by atomic mass is 10.1. The molecule has 0 radical (unpaired) electrons. The molecule has 2 aliphatic heterocycles. The highest BCUT2D eigenvalue weighted by molar-refractivity contribution is 14.0. The maximum Gasteiger partial charge on any atom is 0.244 e. The third kappa shape index (κ3) is 6.91. The number of carbonyl (C=O) groups is 1. The Balaban J connectivity index is 0.00000300. The Morgan fingerprint density at radius 1 is 1.24 bits per heavy atom. The minimum absolute atomic E-state index is 0. The van der Waals surface area contributed by atoms with Gasteiger partial charge < -0.3 is 20.4 Å². The first-order valence-electron chi connectivity index (χ1n) is 10.4. The van der Waals surface area contributed by atoms with Gasteiger partial charge in [0.1, 0.15) is 6.54 Å². The van der Waals surface area contributed by atoms with Gasteiger partial charge in [0.2, 0.25) is 5.91 Å². The Morgan fingerprint density at radius 2 is 2.00 bits per heavy atom. The second-order valence-corrected chi connectivity index (χ2v) is 8.13. The maximum absolute atomic E-state index is 12.2. The van der Waals surface area contributed by atoms with Crippen molar-refractivity contribution in [2.24, 2.45) is 10.9 Å². The van der Waals surface area contributed by atoms with E-state index < -0.39 is 0 Å². The van der Waals surface area contributed by atoms with E-state index in [0.717, 1.165) is 69.5 Å². The van der Waals surface area contributed by atoms with Gasteiger partial charge in [-0.2, -0.15) is 0 Å². The van der Waals surface area contributed by atoms with E-state index in [1.165, 1.54) is 11.3 Å². The van der Waals surface area contributed by atoms with Gasteiger partial charge in [0.05, 0.1) is 0 Å². The van der Waals surface area contributed by atoms with Crippen LogP contribution in [0.25, 0.3) is 0 Å². The molecule has 8 heteroatoms. The summed E-state index contributed by atoms with van der Waals surface area (Å²) in [5.41, 5.74) is 2.49. The molecule has 0 saturated carbocycles. The number of halogens is 2. The van der Waals surface area contributed by atoms with Crippen LogP contribution in [0, 0.1) is 12.8 Å². The van der Waals surface area contributed by atoms with Crippen LogP contribution in [0.15, 0.2) is 23.2 Å². The molecule has 2 N–H and O–H groups in total. The van der Waals surface area contributed by atoms with Crippen LogP contribution in [-0.4, -0.2) is 62.6 Å². The van der Waals surface area contributed by atoms with Crippen molar-refractivity contribution in [3.05, 3.63) is 28.8 Å². The molecule has 2 fully saturated rings. The van der Waals surface area contributed by atoms with Gasteiger partial charge >= 0.3 is 0 Å². The Kier molecular flexibility index (Phi) is 9.82. The highest BCUT2D eigenvalue weighted by Crippen LogP contribution is 2.29. The first-order chi connectivity index (χ1) is 13.6. The zero-order valence-electron chi connectivity index (χ0n) is 17.4. The number of nitrogens with zero attached hydrogens (tertiary/aromatic N) is 3. The average molecular weight is 534 g/mol. The van der Waals surface area contributed by atoms with E-state index in [9.17, 15) is 4.79 Å². The van der Waals surface area contributed by atoms with Crippen LogP contribution in [0.2, 0.25) is 5.02 Å². The Morgan fingerprint density at radius 3 is 2.72 bits per heavy atom. The second kappa shape index (κ2) is 11.8. The number of nitrogens with one attached hydrogen (secondary N) is 2. The van der Waals surface area contributed by atoms with Gasteiger partial charge in [0.25, 0.3) is 0 Å². The van der Waals surface area contributed by atoms with E-state index in [2.05, 4.69) is 39.6 Å². The number of benzene rings is 1. The lowest BCUT2D eigenvalue weighted by Crippen LogP contribution is -2.41. The zero-order valence-corrected chi connectivity index (χ0v) is 20.5. The molecule has 0 bridgehead atoms. The Bertz CT molecular complexity index is 708. The number of amides is 1. The Hall–Kier alpha value is -1.22. The lowest BCUT2D eigenvalue weighted by molar-refractivity contribution is -0.128. The highest BCUT2D eigenvalue weighted by atomic mass is 127. The van der Waals surface area contributed by atoms with Gasteiger partial charge in [-0.3, -0.25) is 4.79 Å². The molecule has 6 nitrogen and oxygen atoms in total. The average Bonchev–Trinajstić information content (AvgIpc) is 3.37. The van der Waals surface area contributed by atoms with E-state index >= 15 is 0 Å². The number of guanidine groups is 1. The molecule has 0 aliphatic carbocycles. The number of rotatable bonds is 6. The molecule has 1 atom stereocenters. The first kappa shape index (κ1) is 24.1. The molecular weight excluding hydrogens is 501 g/mol. The minimum atomic E-state index is 0. The SMILES string of the molecule is CCNC(=NCC(=O)N1CCCC1)NCC1CCN(c2cc(Cl)ccc2C)C1.I. The van der Waals surface area contributed by atoms with E-state index in [1.807, 2.05) is 17.9 Å². The summed E-state index contributed by atoms with van der Waals surface area (Å²) in [7, 11) is 0. The van der Waals surface area contributed by atoms with Gasteiger partial charge in [0.15, 0.2) is 5.96 Å². The topological polar surface area (TPSA) is 60.0 Å². The third-order valence-corrected chi connectivity index (χ3v) is 5.77. The Labute approximate surface area is 196 Å². The second-order valence-electron chi connectivity index (χ2n) is 7.70. The number of anilines is 1. The first-order valence-corrected chi connectivity index (χ1v) is 10.8. The van der Waals surface area contributed by atoms with Crippen LogP contribution in [-0.2, 0) is 4.79 Å². The fraction of sp³-hybridized carbons (Fsp3) is 0.619. The monoisotopic (exact) mass is 533 g/mol. The van der Waals surface area contributed by atoms with Crippen molar-refractivity contribution in [2.75, 3.05) is 50.7 Å². The molecule has 0 aromatic heterocycles. The fourth-order valence-corrected chi connectivity index (χ4v) is 4.10. The van der Waals surface area contributed by atoms with E-state index in [1.54, 1.807) is 0 Å². The quantitative estimate of drug-likeness (QED) is 0.335. The van der Waals surface area contributed by atoms with Crippen molar-refractivity contribution in [3.8, 4) is 0 Å². The predicted octanol–water partition coefficient (Wildman–Crippen LogP) is 3.27. The number of aryl methyl sites for hydroxylation is 1. The maximum atomic E-state index is 12.2. The van der Waals surface area contributed by atoms with Crippen LogP contribution >= 0.6 is 35.6 Å². The summed E-state index contributed by atoms with van der Waals surface area (Å²) in [6, 6.07) is 6.08. The molecule has 0 spiro atoms. The number of likely N-dealkylation sites (tertiary alicyclic amines) is 1. The summed E-state index contributed by atoms with van der Waals surface area (Å²) in [6.45, 7) is 9.80. The normalized spacial score (nSPS) is 19.3. The van der Waals surface area contributed by atoms with Crippen molar-refractivity contribution in [3.63, 3.8) is 0 Å². The van der Waals surface area contributed by atoms with Gasteiger partial charge in [-0.15, -0.1) is 24.0 Å². The van der Waals surface area contributed by atoms with Crippen molar-refractivity contribution < 1.29 is 4.79 Å². The molecular formula is C21H33ClIN5O. The summed E-state index contributed by atoms with van der Waals surface area (Å²) < 4.78 is 0. The largest absolute Gasteiger partial charge is 0.371 e. The smallest absolute Gasteiger partial charge is 0.244 e. The van der Waals surface area contributed by atoms with E-state index in [-0.39, 0.29) is 36.4 Å². The molecule has 3 rings (SSSR count). The van der Waals surface area contributed by atoms with Gasteiger partial charge in [-0.25, -0.2) is 4.99 Å². The van der Waals surface area contributed by atoms with Crippen molar-refractivity contribution in [1.29, 1.82) is 0 Å². The summed E-state index contributed by atoms with van der Waals surface area (Å²) >= 11 is 6.18. The van der Waals surface area contributed by atoms with Crippen molar-refractivity contribution in [2.45, 2.75) is 33.1 Å². The van der Waals surface area contributed by atoms with Crippen LogP contribution in [0.1, 0.15) is 31.7 Å². The number of aliphatic imine (C=N–C) groups is 1. The molecule has 1 unspecified atom stereocenters.